The summed E-state index contributed by atoms with van der Waals surface area (Å²) in [5.41, 5.74) is 6.06. The molecule has 1 aromatic carbocycles. The van der Waals surface area contributed by atoms with Crippen molar-refractivity contribution in [3.8, 4) is 0 Å². The van der Waals surface area contributed by atoms with Crippen LogP contribution in [0.1, 0.15) is 19.8 Å². The van der Waals surface area contributed by atoms with Crippen LogP contribution in [0.15, 0.2) is 29.2 Å². The third kappa shape index (κ3) is 4.98. The van der Waals surface area contributed by atoms with Crippen molar-refractivity contribution >= 4 is 21.6 Å². The summed E-state index contributed by atoms with van der Waals surface area (Å²) in [5, 5.41) is 7.67. The third-order valence-corrected chi connectivity index (χ3v) is 3.78. The van der Waals surface area contributed by atoms with E-state index >= 15 is 0 Å². The Morgan fingerprint density at radius 1 is 1.32 bits per heavy atom. The predicted octanol–water partition coefficient (Wildman–Crippen LogP) is 0.648. The maximum absolute atomic E-state index is 11.7. The maximum atomic E-state index is 11.7. The van der Waals surface area contributed by atoms with Gasteiger partial charge < -0.3 is 11.1 Å². The molecule has 1 aromatic rings. The van der Waals surface area contributed by atoms with Gasteiger partial charge in [0.2, 0.25) is 15.9 Å². The summed E-state index contributed by atoms with van der Waals surface area (Å²) in [6.45, 7) is 2.44. The van der Waals surface area contributed by atoms with Gasteiger partial charge in [-0.25, -0.2) is 13.6 Å². The van der Waals surface area contributed by atoms with E-state index in [0.29, 0.717) is 18.7 Å². The van der Waals surface area contributed by atoms with E-state index in [-0.39, 0.29) is 16.7 Å². The lowest BCUT2D eigenvalue weighted by molar-refractivity contribution is -0.117. The third-order valence-electron chi connectivity index (χ3n) is 2.85. The van der Waals surface area contributed by atoms with Crippen molar-refractivity contribution in [2.24, 2.45) is 16.8 Å². The fourth-order valence-electron chi connectivity index (χ4n) is 1.60. The van der Waals surface area contributed by atoms with Crippen LogP contribution in [0.3, 0.4) is 0 Å². The van der Waals surface area contributed by atoms with E-state index in [2.05, 4.69) is 5.32 Å². The second-order valence-electron chi connectivity index (χ2n) is 4.33. The molecule has 0 fully saturated rings. The summed E-state index contributed by atoms with van der Waals surface area (Å²) in [4.78, 5) is 11.7. The second kappa shape index (κ2) is 6.65. The van der Waals surface area contributed by atoms with Gasteiger partial charge in [0, 0.05) is 12.1 Å². The number of anilines is 1. The van der Waals surface area contributed by atoms with Gasteiger partial charge >= 0.3 is 0 Å². The first kappa shape index (κ1) is 15.6. The average molecular weight is 285 g/mol. The number of carbonyl (C=O) groups excluding carboxylic acids is 1. The van der Waals surface area contributed by atoms with Gasteiger partial charge in [-0.15, -0.1) is 0 Å². The Balaban J connectivity index is 2.66. The number of rotatable bonds is 6. The molecule has 1 unspecified atom stereocenters. The van der Waals surface area contributed by atoms with Gasteiger partial charge in [-0.05, 0) is 36.7 Å². The Kier molecular flexibility index (Phi) is 5.46. The number of sulfonamides is 1. The molecule has 0 saturated heterocycles. The zero-order valence-electron chi connectivity index (χ0n) is 10.8. The molecule has 1 amide bonds. The summed E-state index contributed by atoms with van der Waals surface area (Å²) in [6, 6.07) is 5.71. The van der Waals surface area contributed by atoms with Crippen LogP contribution in [0, 0.1) is 5.92 Å². The van der Waals surface area contributed by atoms with E-state index in [4.69, 9.17) is 10.9 Å². The summed E-state index contributed by atoms with van der Waals surface area (Å²) in [7, 11) is -3.70. The van der Waals surface area contributed by atoms with Crippen LogP contribution in [-0.4, -0.2) is 20.9 Å². The molecule has 0 radical (unpaired) electrons. The van der Waals surface area contributed by atoms with Crippen LogP contribution < -0.4 is 16.2 Å². The van der Waals surface area contributed by atoms with Crippen molar-refractivity contribution in [2.75, 3.05) is 11.9 Å². The molecule has 0 bridgehead atoms. The summed E-state index contributed by atoms with van der Waals surface area (Å²) >= 11 is 0. The van der Waals surface area contributed by atoms with Crippen molar-refractivity contribution in [1.82, 2.24) is 0 Å². The van der Waals surface area contributed by atoms with E-state index in [1.165, 1.54) is 24.3 Å². The van der Waals surface area contributed by atoms with Gasteiger partial charge in [-0.1, -0.05) is 13.3 Å². The Labute approximate surface area is 113 Å². The van der Waals surface area contributed by atoms with Crippen molar-refractivity contribution in [3.63, 3.8) is 0 Å². The molecular weight excluding hydrogens is 266 g/mol. The lowest BCUT2D eigenvalue weighted by Gasteiger charge is -2.12. The van der Waals surface area contributed by atoms with E-state index < -0.39 is 10.0 Å². The van der Waals surface area contributed by atoms with Gasteiger partial charge in [0.1, 0.15) is 0 Å². The van der Waals surface area contributed by atoms with Crippen LogP contribution in [-0.2, 0) is 14.8 Å². The fraction of sp³-hybridized carbons (Fsp3) is 0.417. The molecule has 19 heavy (non-hydrogen) atoms. The van der Waals surface area contributed by atoms with Crippen LogP contribution >= 0.6 is 0 Å². The lowest BCUT2D eigenvalue weighted by atomic mass is 10.0. The summed E-state index contributed by atoms with van der Waals surface area (Å²) < 4.78 is 22.1. The smallest absolute Gasteiger partial charge is 0.238 e. The first-order valence-corrected chi connectivity index (χ1v) is 7.54. The molecule has 0 aliphatic carbocycles. The van der Waals surface area contributed by atoms with Crippen LogP contribution in [0.2, 0.25) is 0 Å². The Hall–Kier alpha value is -1.44. The Morgan fingerprint density at radius 3 is 2.32 bits per heavy atom. The molecule has 6 nitrogen and oxygen atoms in total. The van der Waals surface area contributed by atoms with Crippen LogP contribution in [0.5, 0.6) is 0 Å². The first-order valence-electron chi connectivity index (χ1n) is 5.99. The van der Waals surface area contributed by atoms with Crippen molar-refractivity contribution in [2.45, 2.75) is 24.7 Å². The van der Waals surface area contributed by atoms with Gasteiger partial charge in [-0.2, -0.15) is 0 Å². The highest BCUT2D eigenvalue weighted by molar-refractivity contribution is 7.89. The number of nitrogens with two attached hydrogens (primary N) is 2. The summed E-state index contributed by atoms with van der Waals surface area (Å²) in [5.74, 6) is 0.0179. The molecule has 0 aliphatic rings. The normalized spacial score (nSPS) is 13.0. The zero-order chi connectivity index (χ0) is 14.5. The van der Waals surface area contributed by atoms with Crippen LogP contribution in [0.25, 0.3) is 0 Å². The van der Waals surface area contributed by atoms with Crippen molar-refractivity contribution in [3.05, 3.63) is 24.3 Å². The number of hydrogen-bond acceptors (Lipinski definition) is 4. The monoisotopic (exact) mass is 285 g/mol. The topological polar surface area (TPSA) is 115 Å². The Morgan fingerprint density at radius 2 is 1.89 bits per heavy atom. The SMILES string of the molecule is CCC(CN)CC(=O)Nc1ccc(S(N)(=O)=O)cc1. The minimum Gasteiger partial charge on any atom is -0.330 e. The van der Waals surface area contributed by atoms with Crippen molar-refractivity contribution in [1.29, 1.82) is 0 Å². The molecule has 7 heteroatoms. The molecule has 1 rings (SSSR count). The predicted molar refractivity (Wildman–Crippen MR) is 73.9 cm³/mol. The van der Waals surface area contributed by atoms with Gasteiger partial charge in [0.25, 0.3) is 0 Å². The van der Waals surface area contributed by atoms with Crippen LogP contribution in [0.4, 0.5) is 5.69 Å². The number of nitrogens with one attached hydrogen (secondary N) is 1. The van der Waals surface area contributed by atoms with Crippen molar-refractivity contribution < 1.29 is 13.2 Å². The maximum Gasteiger partial charge on any atom is 0.238 e. The lowest BCUT2D eigenvalue weighted by Crippen LogP contribution is -2.21. The van der Waals surface area contributed by atoms with E-state index in [1.54, 1.807) is 0 Å². The number of carbonyl (C=O) groups is 1. The fourth-order valence-corrected chi connectivity index (χ4v) is 2.11. The van der Waals surface area contributed by atoms with Gasteiger partial charge in [0.15, 0.2) is 0 Å². The molecule has 5 N–H and O–H groups in total. The molecule has 0 aromatic heterocycles. The summed E-state index contributed by atoms with van der Waals surface area (Å²) in [6.07, 6.45) is 1.19. The van der Waals surface area contributed by atoms with Gasteiger partial charge in [-0.3, -0.25) is 4.79 Å². The Bertz CT molecular complexity index is 522. The second-order valence-corrected chi connectivity index (χ2v) is 5.89. The average Bonchev–Trinajstić information content (AvgIpc) is 2.35. The molecule has 0 aliphatic heterocycles. The van der Waals surface area contributed by atoms with E-state index in [1.807, 2.05) is 6.92 Å². The number of benzene rings is 1. The minimum atomic E-state index is -3.70. The highest BCUT2D eigenvalue weighted by atomic mass is 32.2. The molecule has 0 saturated carbocycles. The number of primary sulfonamides is 1. The highest BCUT2D eigenvalue weighted by Crippen LogP contribution is 2.14. The molecule has 106 valence electrons. The quantitative estimate of drug-likeness (QED) is 0.711. The van der Waals surface area contributed by atoms with E-state index in [9.17, 15) is 13.2 Å². The number of hydrogen-bond donors (Lipinski definition) is 3. The molecule has 1 atom stereocenters. The van der Waals surface area contributed by atoms with Gasteiger partial charge in [0.05, 0.1) is 4.90 Å². The molecular formula is C12H19N3O3S. The highest BCUT2D eigenvalue weighted by Gasteiger charge is 2.11. The molecule has 0 spiro atoms. The standard InChI is InChI=1S/C12H19N3O3S/c1-2-9(8-13)7-12(16)15-10-3-5-11(6-4-10)19(14,17)18/h3-6,9H,2,7-8,13H2,1H3,(H,15,16)(H2,14,17,18). The largest absolute Gasteiger partial charge is 0.330 e. The first-order chi connectivity index (χ1) is 8.86. The van der Waals surface area contributed by atoms with E-state index in [0.717, 1.165) is 6.42 Å². The zero-order valence-corrected chi connectivity index (χ0v) is 11.6. The molecule has 0 heterocycles. The number of amides is 1. The minimum absolute atomic E-state index is 0.0129.